The summed E-state index contributed by atoms with van der Waals surface area (Å²) in [6, 6.07) is 6.28. The number of non-ortho nitro benzene ring substituents is 1. The fraction of sp³-hybridized carbons (Fsp3) is 0.429. The van der Waals surface area contributed by atoms with Gasteiger partial charge in [-0.05, 0) is 25.0 Å². The highest BCUT2D eigenvalue weighted by atomic mass is 16.6. The third-order valence-electron chi connectivity index (χ3n) is 2.69. The average Bonchev–Trinajstić information content (AvgIpc) is 2.50. The molecule has 21 heavy (non-hydrogen) atoms. The second kappa shape index (κ2) is 9.87. The van der Waals surface area contributed by atoms with Gasteiger partial charge in [0.15, 0.2) is 0 Å². The molecular formula is C14H21N3O4. The van der Waals surface area contributed by atoms with E-state index in [-0.39, 0.29) is 5.69 Å². The molecule has 7 nitrogen and oxygen atoms in total. The molecule has 0 atom stereocenters. The van der Waals surface area contributed by atoms with Crippen molar-refractivity contribution in [2.75, 3.05) is 26.9 Å². The van der Waals surface area contributed by atoms with Gasteiger partial charge >= 0.3 is 0 Å². The summed E-state index contributed by atoms with van der Waals surface area (Å²) in [6.45, 7) is 1.46. The van der Waals surface area contributed by atoms with E-state index in [0.29, 0.717) is 19.8 Å². The lowest BCUT2D eigenvalue weighted by molar-refractivity contribution is -0.384. The highest BCUT2D eigenvalue weighted by Crippen LogP contribution is 2.18. The number of rotatable bonds is 10. The summed E-state index contributed by atoms with van der Waals surface area (Å²) in [6.07, 6.45) is 3.65. The van der Waals surface area contributed by atoms with E-state index in [0.717, 1.165) is 24.1 Å². The standard InChI is InChI=1S/C14H21N3O4/c1-20-10-3-2-4-14(16-21-11-9-15)12-5-7-13(8-6-12)17(18)19/h4-8,16H,2-3,9-11,15H2,1H3. The van der Waals surface area contributed by atoms with Crippen LogP contribution in [0.1, 0.15) is 18.4 Å². The summed E-state index contributed by atoms with van der Waals surface area (Å²) in [5.74, 6) is 0. The van der Waals surface area contributed by atoms with Crippen LogP contribution in [-0.2, 0) is 9.57 Å². The van der Waals surface area contributed by atoms with Crippen LogP contribution in [0.4, 0.5) is 5.69 Å². The van der Waals surface area contributed by atoms with Crippen LogP contribution >= 0.6 is 0 Å². The van der Waals surface area contributed by atoms with Crippen LogP contribution in [0.5, 0.6) is 0 Å². The number of hydrogen-bond acceptors (Lipinski definition) is 6. The van der Waals surface area contributed by atoms with E-state index in [9.17, 15) is 10.1 Å². The van der Waals surface area contributed by atoms with Crippen LogP contribution in [0, 0.1) is 10.1 Å². The van der Waals surface area contributed by atoms with Gasteiger partial charge in [0.2, 0.25) is 0 Å². The zero-order chi connectivity index (χ0) is 15.5. The van der Waals surface area contributed by atoms with Gasteiger partial charge in [-0.15, -0.1) is 0 Å². The molecule has 0 bridgehead atoms. The molecule has 7 heteroatoms. The van der Waals surface area contributed by atoms with E-state index in [2.05, 4.69) is 5.48 Å². The van der Waals surface area contributed by atoms with E-state index < -0.39 is 4.92 Å². The number of nitrogens with one attached hydrogen (secondary N) is 1. The summed E-state index contributed by atoms with van der Waals surface area (Å²) in [7, 11) is 1.66. The highest BCUT2D eigenvalue weighted by molar-refractivity contribution is 5.64. The van der Waals surface area contributed by atoms with Gasteiger partial charge in [-0.25, -0.2) is 0 Å². The van der Waals surface area contributed by atoms with Crippen molar-refractivity contribution in [1.82, 2.24) is 5.48 Å². The third kappa shape index (κ3) is 6.35. The molecule has 0 fully saturated rings. The molecule has 0 saturated carbocycles. The molecule has 0 aromatic heterocycles. The molecule has 116 valence electrons. The molecule has 0 radical (unpaired) electrons. The van der Waals surface area contributed by atoms with Gasteiger partial charge in [-0.3, -0.25) is 20.4 Å². The lowest BCUT2D eigenvalue weighted by atomic mass is 10.1. The zero-order valence-electron chi connectivity index (χ0n) is 12.1. The minimum Gasteiger partial charge on any atom is -0.385 e. The molecule has 0 unspecified atom stereocenters. The van der Waals surface area contributed by atoms with Crippen molar-refractivity contribution < 1.29 is 14.5 Å². The Morgan fingerprint density at radius 2 is 2.10 bits per heavy atom. The minimum absolute atomic E-state index is 0.0559. The zero-order valence-corrected chi connectivity index (χ0v) is 12.1. The van der Waals surface area contributed by atoms with E-state index in [1.54, 1.807) is 19.2 Å². The number of methoxy groups -OCH3 is 1. The van der Waals surface area contributed by atoms with Gasteiger partial charge < -0.3 is 10.5 Å². The highest BCUT2D eigenvalue weighted by Gasteiger charge is 2.07. The lowest BCUT2D eigenvalue weighted by Crippen LogP contribution is -2.18. The van der Waals surface area contributed by atoms with Crippen molar-refractivity contribution >= 4 is 11.4 Å². The summed E-state index contributed by atoms with van der Waals surface area (Å²) in [4.78, 5) is 15.5. The number of nitrogens with zero attached hydrogens (tertiary/aromatic N) is 1. The molecule has 0 amide bonds. The fourth-order valence-electron chi connectivity index (χ4n) is 1.64. The Morgan fingerprint density at radius 1 is 1.38 bits per heavy atom. The smallest absolute Gasteiger partial charge is 0.269 e. The Labute approximate surface area is 123 Å². The van der Waals surface area contributed by atoms with Crippen molar-refractivity contribution in [3.63, 3.8) is 0 Å². The monoisotopic (exact) mass is 295 g/mol. The van der Waals surface area contributed by atoms with Gasteiger partial charge in [-0.1, -0.05) is 6.08 Å². The van der Waals surface area contributed by atoms with Crippen molar-refractivity contribution in [2.45, 2.75) is 12.8 Å². The Hall–Kier alpha value is -1.96. The maximum Gasteiger partial charge on any atom is 0.269 e. The minimum atomic E-state index is -0.426. The Morgan fingerprint density at radius 3 is 2.67 bits per heavy atom. The molecule has 1 aromatic carbocycles. The summed E-state index contributed by atoms with van der Waals surface area (Å²) >= 11 is 0. The lowest BCUT2D eigenvalue weighted by Gasteiger charge is -2.11. The molecule has 0 saturated heterocycles. The number of hydroxylamine groups is 1. The van der Waals surface area contributed by atoms with Crippen LogP contribution in [0.15, 0.2) is 30.3 Å². The van der Waals surface area contributed by atoms with E-state index in [1.807, 2.05) is 6.08 Å². The number of allylic oxidation sites excluding steroid dienone is 1. The number of hydrogen-bond donors (Lipinski definition) is 2. The topological polar surface area (TPSA) is 99.7 Å². The van der Waals surface area contributed by atoms with Crippen molar-refractivity contribution in [3.8, 4) is 0 Å². The number of nitrogens with two attached hydrogens (primary N) is 1. The van der Waals surface area contributed by atoms with Crippen LogP contribution < -0.4 is 11.2 Å². The molecular weight excluding hydrogens is 274 g/mol. The fourth-order valence-corrected chi connectivity index (χ4v) is 1.64. The Kier molecular flexibility index (Phi) is 8.03. The largest absolute Gasteiger partial charge is 0.385 e. The van der Waals surface area contributed by atoms with Gasteiger partial charge in [0.25, 0.3) is 5.69 Å². The van der Waals surface area contributed by atoms with Gasteiger partial charge in [0.05, 0.1) is 17.2 Å². The first-order chi connectivity index (χ1) is 10.2. The first-order valence-corrected chi connectivity index (χ1v) is 6.71. The Balaban J connectivity index is 2.75. The molecule has 0 spiro atoms. The SMILES string of the molecule is COCCCC=C(NOCCN)c1ccc([N+](=O)[O-])cc1. The maximum atomic E-state index is 10.7. The van der Waals surface area contributed by atoms with Gasteiger partial charge in [-0.2, -0.15) is 0 Å². The van der Waals surface area contributed by atoms with Gasteiger partial charge in [0, 0.05) is 38.0 Å². The van der Waals surface area contributed by atoms with E-state index in [4.69, 9.17) is 15.3 Å². The third-order valence-corrected chi connectivity index (χ3v) is 2.69. The number of benzene rings is 1. The molecule has 1 aromatic rings. The van der Waals surface area contributed by atoms with Gasteiger partial charge in [0.1, 0.15) is 0 Å². The van der Waals surface area contributed by atoms with Crippen molar-refractivity contribution in [2.24, 2.45) is 5.73 Å². The molecule has 1 rings (SSSR count). The number of nitro benzene ring substituents is 1. The molecule has 3 N–H and O–H groups in total. The molecule has 0 aliphatic rings. The molecule has 0 heterocycles. The van der Waals surface area contributed by atoms with Crippen LogP contribution in [-0.4, -0.2) is 31.8 Å². The first kappa shape index (κ1) is 17.1. The van der Waals surface area contributed by atoms with Crippen LogP contribution in [0.3, 0.4) is 0 Å². The Bertz CT molecular complexity index is 460. The maximum absolute atomic E-state index is 10.7. The second-order valence-corrected chi connectivity index (χ2v) is 4.30. The number of unbranched alkanes of at least 4 members (excludes halogenated alkanes) is 1. The van der Waals surface area contributed by atoms with Crippen LogP contribution in [0.25, 0.3) is 5.70 Å². The van der Waals surface area contributed by atoms with Crippen LogP contribution in [0.2, 0.25) is 0 Å². The average molecular weight is 295 g/mol. The number of nitro groups is 1. The summed E-state index contributed by atoms with van der Waals surface area (Å²) < 4.78 is 5.00. The van der Waals surface area contributed by atoms with E-state index >= 15 is 0 Å². The molecule has 0 aliphatic carbocycles. The van der Waals surface area contributed by atoms with Crippen molar-refractivity contribution in [3.05, 3.63) is 46.0 Å². The quantitative estimate of drug-likeness (QED) is 0.388. The summed E-state index contributed by atoms with van der Waals surface area (Å²) in [5, 5.41) is 10.7. The predicted octanol–water partition coefficient (Wildman–Crippen LogP) is 1.84. The van der Waals surface area contributed by atoms with Crippen molar-refractivity contribution in [1.29, 1.82) is 0 Å². The second-order valence-electron chi connectivity index (χ2n) is 4.30. The first-order valence-electron chi connectivity index (χ1n) is 6.71. The normalized spacial score (nSPS) is 11.4. The number of ether oxygens (including phenoxy) is 1. The predicted molar refractivity (Wildman–Crippen MR) is 80.3 cm³/mol. The van der Waals surface area contributed by atoms with E-state index in [1.165, 1.54) is 12.1 Å². The molecule has 0 aliphatic heterocycles. The summed E-state index contributed by atoms with van der Waals surface area (Å²) in [5.41, 5.74) is 9.83.